The van der Waals surface area contributed by atoms with Crippen molar-refractivity contribution in [2.45, 2.75) is 6.54 Å². The summed E-state index contributed by atoms with van der Waals surface area (Å²) in [6.45, 7) is 0.132. The molecule has 0 spiro atoms. The molecule has 2 N–H and O–H groups in total. The first-order chi connectivity index (χ1) is 5.24. The highest BCUT2D eigenvalue weighted by atomic mass is 16.1. The first-order valence-electron chi connectivity index (χ1n) is 2.93. The second kappa shape index (κ2) is 2.84. The van der Waals surface area contributed by atoms with Crippen molar-refractivity contribution in [1.82, 2.24) is 9.78 Å². The molecular weight excluding hydrogens is 144 g/mol. The van der Waals surface area contributed by atoms with Crippen LogP contribution in [-0.4, -0.2) is 15.7 Å². The van der Waals surface area contributed by atoms with E-state index in [1.807, 2.05) is 6.07 Å². The van der Waals surface area contributed by atoms with Crippen LogP contribution in [0.5, 0.6) is 0 Å². The minimum Gasteiger partial charge on any atom is -0.366 e. The fraction of sp³-hybridized carbons (Fsp3) is 0.167. The Kier molecular flexibility index (Phi) is 1.88. The third-order valence-corrected chi connectivity index (χ3v) is 1.15. The van der Waals surface area contributed by atoms with Gasteiger partial charge < -0.3 is 5.73 Å². The van der Waals surface area contributed by atoms with E-state index in [1.165, 1.54) is 17.1 Å². The van der Waals surface area contributed by atoms with Gasteiger partial charge in [-0.25, -0.2) is 0 Å². The number of carbonyl (C=O) groups is 1. The second-order valence-electron chi connectivity index (χ2n) is 1.95. The molecule has 0 fully saturated rings. The highest BCUT2D eigenvalue weighted by Gasteiger charge is 2.02. The van der Waals surface area contributed by atoms with E-state index in [2.05, 4.69) is 5.10 Å². The van der Waals surface area contributed by atoms with Gasteiger partial charge in [-0.2, -0.15) is 10.4 Å². The lowest BCUT2D eigenvalue weighted by Crippen LogP contribution is -2.09. The largest absolute Gasteiger partial charge is 0.366 e. The Morgan fingerprint density at radius 3 is 3.09 bits per heavy atom. The van der Waals surface area contributed by atoms with Gasteiger partial charge in [-0.15, -0.1) is 0 Å². The molecule has 5 nitrogen and oxygen atoms in total. The minimum absolute atomic E-state index is 0.132. The van der Waals surface area contributed by atoms with Gasteiger partial charge in [0.1, 0.15) is 6.54 Å². The van der Waals surface area contributed by atoms with Crippen molar-refractivity contribution in [1.29, 1.82) is 5.26 Å². The average Bonchev–Trinajstić information content (AvgIpc) is 2.37. The molecule has 0 aliphatic rings. The Morgan fingerprint density at radius 2 is 2.64 bits per heavy atom. The zero-order valence-corrected chi connectivity index (χ0v) is 5.69. The van der Waals surface area contributed by atoms with Crippen LogP contribution in [0.3, 0.4) is 0 Å². The molecule has 0 aliphatic carbocycles. The Balaban J connectivity index is 2.83. The first-order valence-corrected chi connectivity index (χ1v) is 2.93. The van der Waals surface area contributed by atoms with Gasteiger partial charge in [-0.05, 0) is 0 Å². The highest BCUT2D eigenvalue weighted by molar-refractivity contribution is 5.92. The summed E-state index contributed by atoms with van der Waals surface area (Å²) in [6.07, 6.45) is 2.77. The maximum Gasteiger partial charge on any atom is 0.251 e. The van der Waals surface area contributed by atoms with Crippen molar-refractivity contribution in [2.24, 2.45) is 5.73 Å². The lowest BCUT2D eigenvalue weighted by molar-refractivity contribution is 0.1000. The van der Waals surface area contributed by atoms with Gasteiger partial charge in [-0.1, -0.05) is 0 Å². The quantitative estimate of drug-likeness (QED) is 0.617. The molecule has 0 aliphatic heterocycles. The monoisotopic (exact) mass is 150 g/mol. The maximum absolute atomic E-state index is 10.5. The van der Waals surface area contributed by atoms with Crippen molar-refractivity contribution in [2.75, 3.05) is 0 Å². The SMILES string of the molecule is N#CCn1cc(C(N)=O)cn1. The number of carbonyl (C=O) groups excluding carboxylic acids is 1. The van der Waals surface area contributed by atoms with Gasteiger partial charge in [0.2, 0.25) is 0 Å². The molecule has 0 atom stereocenters. The number of primary amides is 1. The van der Waals surface area contributed by atoms with Crippen molar-refractivity contribution < 1.29 is 4.79 Å². The predicted molar refractivity (Wildman–Crippen MR) is 36.4 cm³/mol. The minimum atomic E-state index is -0.533. The third kappa shape index (κ3) is 1.55. The predicted octanol–water partition coefficient (Wildman–Crippen LogP) is -0.494. The fourth-order valence-corrected chi connectivity index (χ4v) is 0.650. The number of hydrogen-bond donors (Lipinski definition) is 1. The summed E-state index contributed by atoms with van der Waals surface area (Å²) in [5.41, 5.74) is 5.27. The van der Waals surface area contributed by atoms with Crippen molar-refractivity contribution in [3.05, 3.63) is 18.0 Å². The number of amides is 1. The van der Waals surface area contributed by atoms with Gasteiger partial charge >= 0.3 is 0 Å². The van der Waals surface area contributed by atoms with Crippen molar-refractivity contribution >= 4 is 5.91 Å². The molecule has 1 aromatic heterocycles. The van der Waals surface area contributed by atoms with Crippen molar-refractivity contribution in [3.63, 3.8) is 0 Å². The third-order valence-electron chi connectivity index (χ3n) is 1.15. The van der Waals surface area contributed by atoms with Crippen LogP contribution in [0.15, 0.2) is 12.4 Å². The molecule has 1 amide bonds. The van der Waals surface area contributed by atoms with Crippen molar-refractivity contribution in [3.8, 4) is 6.07 Å². The number of aromatic nitrogens is 2. The standard InChI is InChI=1S/C6H6N4O/c7-1-2-10-4-5(3-9-10)6(8)11/h3-4H,2H2,(H2,8,11). The molecule has 0 saturated carbocycles. The molecule has 1 aromatic rings. The molecule has 5 heteroatoms. The van der Waals surface area contributed by atoms with Crippen LogP contribution in [0.4, 0.5) is 0 Å². The summed E-state index contributed by atoms with van der Waals surface area (Å²) in [5.74, 6) is -0.533. The Labute approximate surface area is 63.0 Å². The molecule has 0 aromatic carbocycles. The normalized spacial score (nSPS) is 9.00. The lowest BCUT2D eigenvalue weighted by Gasteiger charge is -1.87. The van der Waals surface area contributed by atoms with Crippen LogP contribution in [0.2, 0.25) is 0 Å². The molecule has 0 unspecified atom stereocenters. The summed E-state index contributed by atoms with van der Waals surface area (Å²) in [7, 11) is 0. The van der Waals surface area contributed by atoms with Gasteiger partial charge in [0.15, 0.2) is 0 Å². The molecular formula is C6H6N4O. The number of nitriles is 1. The van der Waals surface area contributed by atoms with Gasteiger partial charge in [-0.3, -0.25) is 9.48 Å². The molecule has 0 radical (unpaired) electrons. The average molecular weight is 150 g/mol. The second-order valence-corrected chi connectivity index (χ2v) is 1.95. The lowest BCUT2D eigenvalue weighted by atomic mass is 10.3. The molecule has 0 bridgehead atoms. The summed E-state index contributed by atoms with van der Waals surface area (Å²) < 4.78 is 1.35. The summed E-state index contributed by atoms with van der Waals surface area (Å²) in [4.78, 5) is 10.5. The van der Waals surface area contributed by atoms with E-state index in [4.69, 9.17) is 11.0 Å². The number of nitrogens with two attached hydrogens (primary N) is 1. The van der Waals surface area contributed by atoms with E-state index >= 15 is 0 Å². The van der Waals surface area contributed by atoms with Crippen LogP contribution >= 0.6 is 0 Å². The van der Waals surface area contributed by atoms with E-state index in [-0.39, 0.29) is 6.54 Å². The topological polar surface area (TPSA) is 84.7 Å². The van der Waals surface area contributed by atoms with Gasteiger partial charge in [0.05, 0.1) is 17.8 Å². The molecule has 1 heterocycles. The van der Waals surface area contributed by atoms with Crippen LogP contribution in [0, 0.1) is 11.3 Å². The summed E-state index contributed by atoms with van der Waals surface area (Å²) in [5, 5.41) is 12.0. The van der Waals surface area contributed by atoms with E-state index in [0.717, 1.165) is 0 Å². The smallest absolute Gasteiger partial charge is 0.251 e. The first kappa shape index (κ1) is 7.28. The van der Waals surface area contributed by atoms with E-state index in [1.54, 1.807) is 0 Å². The Bertz CT molecular complexity index is 309. The number of hydrogen-bond acceptors (Lipinski definition) is 3. The maximum atomic E-state index is 10.5. The number of nitrogens with zero attached hydrogens (tertiary/aromatic N) is 3. The van der Waals surface area contributed by atoms with E-state index in [9.17, 15) is 4.79 Å². The zero-order chi connectivity index (χ0) is 8.27. The zero-order valence-electron chi connectivity index (χ0n) is 5.69. The Morgan fingerprint density at radius 1 is 1.91 bits per heavy atom. The van der Waals surface area contributed by atoms with Gasteiger partial charge in [0, 0.05) is 6.20 Å². The molecule has 0 saturated heterocycles. The highest BCUT2D eigenvalue weighted by Crippen LogP contribution is 1.94. The molecule has 1 rings (SSSR count). The fourth-order valence-electron chi connectivity index (χ4n) is 0.650. The van der Waals surface area contributed by atoms with Crippen LogP contribution in [0.25, 0.3) is 0 Å². The summed E-state index contributed by atoms with van der Waals surface area (Å²) >= 11 is 0. The molecule has 56 valence electrons. The van der Waals surface area contributed by atoms with E-state index in [0.29, 0.717) is 5.56 Å². The van der Waals surface area contributed by atoms with Crippen LogP contribution in [0.1, 0.15) is 10.4 Å². The van der Waals surface area contributed by atoms with Crippen LogP contribution in [-0.2, 0) is 6.54 Å². The summed E-state index contributed by atoms with van der Waals surface area (Å²) in [6, 6.07) is 1.88. The Hall–Kier alpha value is -1.83. The van der Waals surface area contributed by atoms with Crippen LogP contribution < -0.4 is 5.73 Å². The number of rotatable bonds is 2. The van der Waals surface area contributed by atoms with Gasteiger partial charge in [0.25, 0.3) is 5.91 Å². The van der Waals surface area contributed by atoms with E-state index < -0.39 is 5.91 Å². The molecule has 11 heavy (non-hydrogen) atoms.